The Bertz CT molecular complexity index is 215. The number of rotatable bonds is 14. The van der Waals surface area contributed by atoms with Crippen molar-refractivity contribution in [3.63, 3.8) is 0 Å². The smallest absolute Gasteiger partial charge is 0.0566 e. The molecule has 2 unspecified atom stereocenters. The molecule has 3 nitrogen and oxygen atoms in total. The van der Waals surface area contributed by atoms with Gasteiger partial charge in [0.15, 0.2) is 0 Å². The first-order valence-corrected chi connectivity index (χ1v) is 8.76. The third kappa shape index (κ3) is 9.49. The molecule has 0 N–H and O–H groups in total. The van der Waals surface area contributed by atoms with E-state index in [1.54, 1.807) is 0 Å². The van der Waals surface area contributed by atoms with Crippen molar-refractivity contribution >= 4 is 0 Å². The molecular weight excluding hydrogens is 264 g/mol. The molecule has 0 fully saturated rings. The van der Waals surface area contributed by atoms with Crippen molar-refractivity contribution < 1.29 is 14.2 Å². The Balaban J connectivity index is 4.36. The van der Waals surface area contributed by atoms with Gasteiger partial charge in [-0.1, -0.05) is 47.5 Å². The Morgan fingerprint density at radius 1 is 0.714 bits per heavy atom. The minimum absolute atomic E-state index is 0.00304. The Morgan fingerprint density at radius 3 is 1.48 bits per heavy atom. The molecule has 0 amide bonds. The predicted molar refractivity (Wildman–Crippen MR) is 89.8 cm³/mol. The maximum Gasteiger partial charge on any atom is 0.0566 e. The first-order valence-electron chi connectivity index (χ1n) is 8.76. The van der Waals surface area contributed by atoms with Gasteiger partial charge in [-0.3, -0.25) is 0 Å². The summed E-state index contributed by atoms with van der Waals surface area (Å²) in [7, 11) is 0. The summed E-state index contributed by atoms with van der Waals surface area (Å²) in [4.78, 5) is 0. The van der Waals surface area contributed by atoms with E-state index in [0.29, 0.717) is 11.8 Å². The van der Waals surface area contributed by atoms with Crippen molar-refractivity contribution in [2.24, 2.45) is 17.3 Å². The first kappa shape index (κ1) is 20.9. The van der Waals surface area contributed by atoms with Crippen LogP contribution in [0.5, 0.6) is 0 Å². The average molecular weight is 302 g/mol. The lowest BCUT2D eigenvalue weighted by molar-refractivity contribution is -0.0779. The molecule has 0 aliphatic carbocycles. The molecule has 0 radical (unpaired) electrons. The van der Waals surface area contributed by atoms with Gasteiger partial charge in [0.05, 0.1) is 19.8 Å². The molecule has 0 heterocycles. The van der Waals surface area contributed by atoms with Crippen LogP contribution in [0.25, 0.3) is 0 Å². The van der Waals surface area contributed by atoms with Crippen LogP contribution in [0.1, 0.15) is 60.8 Å². The molecule has 0 rings (SSSR count). The van der Waals surface area contributed by atoms with E-state index in [2.05, 4.69) is 34.6 Å². The van der Waals surface area contributed by atoms with Crippen LogP contribution in [0.3, 0.4) is 0 Å². The summed E-state index contributed by atoms with van der Waals surface area (Å²) in [6.45, 7) is 17.7. The van der Waals surface area contributed by atoms with Gasteiger partial charge in [0.2, 0.25) is 0 Å². The Hall–Kier alpha value is -0.120. The van der Waals surface area contributed by atoms with E-state index in [1.807, 2.05) is 6.92 Å². The van der Waals surface area contributed by atoms with Crippen LogP contribution in [0.15, 0.2) is 0 Å². The Kier molecular flexibility index (Phi) is 12.4. The SMILES string of the molecule is CCOCC(CC)(COCC(C)CC)COCC(C)CC. The second kappa shape index (κ2) is 12.4. The molecular formula is C18H38O3. The van der Waals surface area contributed by atoms with Gasteiger partial charge >= 0.3 is 0 Å². The van der Waals surface area contributed by atoms with Crippen LogP contribution in [-0.2, 0) is 14.2 Å². The second-order valence-corrected chi connectivity index (χ2v) is 6.55. The summed E-state index contributed by atoms with van der Waals surface area (Å²) in [6.07, 6.45) is 3.35. The average Bonchev–Trinajstić information content (AvgIpc) is 2.51. The maximum absolute atomic E-state index is 5.96. The monoisotopic (exact) mass is 302 g/mol. The minimum Gasteiger partial charge on any atom is -0.381 e. The molecule has 0 saturated carbocycles. The van der Waals surface area contributed by atoms with E-state index in [9.17, 15) is 0 Å². The van der Waals surface area contributed by atoms with E-state index in [-0.39, 0.29) is 5.41 Å². The van der Waals surface area contributed by atoms with Crippen LogP contribution in [0.4, 0.5) is 0 Å². The van der Waals surface area contributed by atoms with E-state index in [0.717, 1.165) is 58.9 Å². The summed E-state index contributed by atoms with van der Waals surface area (Å²) >= 11 is 0. The topological polar surface area (TPSA) is 27.7 Å². The number of hydrogen-bond donors (Lipinski definition) is 0. The molecule has 128 valence electrons. The summed E-state index contributed by atoms with van der Waals surface area (Å²) in [5, 5.41) is 0. The second-order valence-electron chi connectivity index (χ2n) is 6.55. The van der Waals surface area contributed by atoms with Crippen molar-refractivity contribution in [2.45, 2.75) is 60.8 Å². The van der Waals surface area contributed by atoms with Gasteiger partial charge < -0.3 is 14.2 Å². The highest BCUT2D eigenvalue weighted by atomic mass is 16.5. The fourth-order valence-electron chi connectivity index (χ4n) is 1.94. The molecule has 0 saturated heterocycles. The van der Waals surface area contributed by atoms with Crippen molar-refractivity contribution in [1.82, 2.24) is 0 Å². The molecule has 21 heavy (non-hydrogen) atoms. The van der Waals surface area contributed by atoms with Gasteiger partial charge in [-0.05, 0) is 25.2 Å². The summed E-state index contributed by atoms with van der Waals surface area (Å²) < 4.78 is 17.6. The fraction of sp³-hybridized carbons (Fsp3) is 1.00. The zero-order valence-corrected chi connectivity index (χ0v) is 15.2. The highest BCUT2D eigenvalue weighted by molar-refractivity contribution is 4.78. The van der Waals surface area contributed by atoms with Crippen LogP contribution in [-0.4, -0.2) is 39.6 Å². The normalized spacial score (nSPS) is 17.4. The van der Waals surface area contributed by atoms with Gasteiger partial charge in [0.25, 0.3) is 0 Å². The fourth-order valence-corrected chi connectivity index (χ4v) is 1.94. The zero-order valence-electron chi connectivity index (χ0n) is 15.2. The third-order valence-electron chi connectivity index (χ3n) is 4.38. The molecule has 0 aliphatic heterocycles. The van der Waals surface area contributed by atoms with E-state index in [4.69, 9.17) is 14.2 Å². The van der Waals surface area contributed by atoms with Gasteiger partial charge in [0, 0.05) is 25.2 Å². The molecule has 0 aromatic carbocycles. The lowest BCUT2D eigenvalue weighted by Gasteiger charge is -2.32. The molecule has 0 spiro atoms. The summed E-state index contributed by atoms with van der Waals surface area (Å²) in [6, 6.07) is 0. The quantitative estimate of drug-likeness (QED) is 0.471. The van der Waals surface area contributed by atoms with Crippen LogP contribution >= 0.6 is 0 Å². The van der Waals surface area contributed by atoms with Gasteiger partial charge in [-0.25, -0.2) is 0 Å². The van der Waals surface area contributed by atoms with E-state index >= 15 is 0 Å². The molecule has 0 aromatic heterocycles. The molecule has 0 bridgehead atoms. The first-order chi connectivity index (χ1) is 10.0. The number of ether oxygens (including phenoxy) is 3. The Labute approximate surface area is 132 Å². The van der Waals surface area contributed by atoms with Crippen LogP contribution in [0.2, 0.25) is 0 Å². The van der Waals surface area contributed by atoms with Gasteiger partial charge in [0.1, 0.15) is 0 Å². The standard InChI is InChI=1S/C18H38O3/c1-7-16(5)11-20-14-18(9-3,13-19-10-4)15-21-12-17(6)8-2/h16-17H,7-15H2,1-6H3. The van der Waals surface area contributed by atoms with Crippen molar-refractivity contribution in [3.05, 3.63) is 0 Å². The lowest BCUT2D eigenvalue weighted by Crippen LogP contribution is -2.37. The highest BCUT2D eigenvalue weighted by Crippen LogP contribution is 2.25. The van der Waals surface area contributed by atoms with Crippen molar-refractivity contribution in [1.29, 1.82) is 0 Å². The van der Waals surface area contributed by atoms with Gasteiger partial charge in [-0.15, -0.1) is 0 Å². The van der Waals surface area contributed by atoms with Crippen molar-refractivity contribution in [2.75, 3.05) is 39.6 Å². The largest absolute Gasteiger partial charge is 0.381 e. The maximum atomic E-state index is 5.96. The number of hydrogen-bond acceptors (Lipinski definition) is 3. The molecule has 0 aliphatic rings. The molecule has 3 heteroatoms. The zero-order chi connectivity index (χ0) is 16.1. The summed E-state index contributed by atoms with van der Waals surface area (Å²) in [5.41, 5.74) is -0.00304. The lowest BCUT2D eigenvalue weighted by atomic mass is 9.88. The van der Waals surface area contributed by atoms with E-state index in [1.165, 1.54) is 0 Å². The Morgan fingerprint density at radius 2 is 1.14 bits per heavy atom. The van der Waals surface area contributed by atoms with Crippen LogP contribution in [0, 0.1) is 17.3 Å². The van der Waals surface area contributed by atoms with E-state index < -0.39 is 0 Å². The predicted octanol–water partition coefficient (Wildman–Crippen LogP) is 4.54. The van der Waals surface area contributed by atoms with Gasteiger partial charge in [-0.2, -0.15) is 0 Å². The third-order valence-corrected chi connectivity index (χ3v) is 4.38. The molecule has 2 atom stereocenters. The summed E-state index contributed by atoms with van der Waals surface area (Å²) in [5.74, 6) is 1.24. The van der Waals surface area contributed by atoms with Crippen molar-refractivity contribution in [3.8, 4) is 0 Å². The minimum atomic E-state index is -0.00304. The highest BCUT2D eigenvalue weighted by Gasteiger charge is 2.30. The van der Waals surface area contributed by atoms with Crippen LogP contribution < -0.4 is 0 Å². The molecule has 0 aromatic rings.